The van der Waals surface area contributed by atoms with Crippen LogP contribution >= 0.6 is 0 Å². The number of alkyl halides is 6. The third-order valence-corrected chi connectivity index (χ3v) is 5.13. The van der Waals surface area contributed by atoms with Gasteiger partial charge in [-0.3, -0.25) is 4.79 Å². The largest absolute Gasteiger partial charge is 0.435 e. The SMILES string of the molecule is O=C1CC(c2ccc(F)cc2)C1CNc1cc(C(F)(F)F)nc2cc(C(F)(F)F)nn12. The number of nitrogens with zero attached hydrogens (tertiary/aromatic N) is 3. The maximum atomic E-state index is 13.2. The van der Waals surface area contributed by atoms with E-state index in [1.165, 1.54) is 24.3 Å². The van der Waals surface area contributed by atoms with Crippen LogP contribution in [-0.2, 0) is 17.1 Å². The maximum Gasteiger partial charge on any atom is 0.435 e. The van der Waals surface area contributed by atoms with Gasteiger partial charge in [-0.2, -0.15) is 36.0 Å². The number of anilines is 1. The molecule has 0 bridgehead atoms. The molecule has 1 saturated carbocycles. The Morgan fingerprint density at radius 2 is 1.65 bits per heavy atom. The first-order valence-corrected chi connectivity index (χ1v) is 9.01. The summed E-state index contributed by atoms with van der Waals surface area (Å²) in [6, 6.07) is 6.43. The molecule has 164 valence electrons. The standard InChI is InChI=1S/C19H13F7N4O/c20-10-3-1-9(2-4-10)11-5-13(31)12(11)8-27-16-6-14(18(21,22)23)28-17-7-15(19(24,25)26)29-30(16)17/h1-4,6-7,11-12,27H,5,8H2. The maximum absolute atomic E-state index is 13.2. The van der Waals surface area contributed by atoms with Gasteiger partial charge in [-0.05, 0) is 17.7 Å². The van der Waals surface area contributed by atoms with Crippen molar-refractivity contribution >= 4 is 17.2 Å². The fourth-order valence-electron chi connectivity index (χ4n) is 3.49. The average Bonchev–Trinajstić information content (AvgIpc) is 3.11. The summed E-state index contributed by atoms with van der Waals surface area (Å²) in [6.45, 7) is -0.140. The summed E-state index contributed by atoms with van der Waals surface area (Å²) in [4.78, 5) is 15.3. The van der Waals surface area contributed by atoms with E-state index in [0.29, 0.717) is 22.2 Å². The number of benzene rings is 1. The monoisotopic (exact) mass is 446 g/mol. The number of nitrogens with one attached hydrogen (secondary N) is 1. The van der Waals surface area contributed by atoms with Gasteiger partial charge in [0, 0.05) is 36.9 Å². The molecule has 1 fully saturated rings. The van der Waals surface area contributed by atoms with Crippen LogP contribution in [0.3, 0.4) is 0 Å². The Labute approximate surface area is 169 Å². The zero-order chi connectivity index (χ0) is 22.6. The highest BCUT2D eigenvalue weighted by Crippen LogP contribution is 2.40. The van der Waals surface area contributed by atoms with Gasteiger partial charge in [0.05, 0.1) is 0 Å². The van der Waals surface area contributed by atoms with Gasteiger partial charge >= 0.3 is 12.4 Å². The first-order valence-electron chi connectivity index (χ1n) is 9.01. The number of aromatic nitrogens is 3. The molecule has 2 atom stereocenters. The number of carbonyl (C=O) groups excluding carboxylic acids is 1. The van der Waals surface area contributed by atoms with Crippen LogP contribution in [-0.4, -0.2) is 26.9 Å². The molecule has 2 unspecified atom stereocenters. The molecule has 1 aromatic carbocycles. The number of rotatable bonds is 4. The van der Waals surface area contributed by atoms with Crippen molar-refractivity contribution in [1.29, 1.82) is 0 Å². The van der Waals surface area contributed by atoms with E-state index in [9.17, 15) is 35.5 Å². The predicted molar refractivity (Wildman–Crippen MR) is 93.7 cm³/mol. The lowest BCUT2D eigenvalue weighted by Gasteiger charge is -2.35. The molecule has 4 rings (SSSR count). The summed E-state index contributed by atoms with van der Waals surface area (Å²) in [6.07, 6.45) is -9.59. The van der Waals surface area contributed by atoms with Crippen LogP contribution in [0.5, 0.6) is 0 Å². The summed E-state index contributed by atoms with van der Waals surface area (Å²) in [5.41, 5.74) is -2.75. The highest BCUT2D eigenvalue weighted by Gasteiger charge is 2.41. The van der Waals surface area contributed by atoms with Crippen LogP contribution in [0, 0.1) is 11.7 Å². The van der Waals surface area contributed by atoms with Crippen LogP contribution < -0.4 is 5.32 Å². The minimum absolute atomic E-state index is 0.140. The smallest absolute Gasteiger partial charge is 0.369 e. The normalized spacial score (nSPS) is 19.5. The molecule has 1 aliphatic carbocycles. The number of ketones is 1. The van der Waals surface area contributed by atoms with Gasteiger partial charge < -0.3 is 5.32 Å². The van der Waals surface area contributed by atoms with Crippen molar-refractivity contribution in [3.05, 3.63) is 59.2 Å². The summed E-state index contributed by atoms with van der Waals surface area (Å²) in [5, 5.41) is 5.91. The van der Waals surface area contributed by atoms with E-state index < -0.39 is 41.1 Å². The molecular formula is C19H13F7N4O. The van der Waals surface area contributed by atoms with Crippen LogP contribution in [0.15, 0.2) is 36.4 Å². The zero-order valence-electron chi connectivity index (χ0n) is 15.4. The molecule has 1 N–H and O–H groups in total. The fourth-order valence-corrected chi connectivity index (χ4v) is 3.49. The summed E-state index contributed by atoms with van der Waals surface area (Å²) >= 11 is 0. The molecule has 5 nitrogen and oxygen atoms in total. The van der Waals surface area contributed by atoms with Gasteiger partial charge in [-0.25, -0.2) is 9.37 Å². The molecule has 0 aliphatic heterocycles. The number of halogens is 7. The highest BCUT2D eigenvalue weighted by atomic mass is 19.4. The topological polar surface area (TPSA) is 59.3 Å². The van der Waals surface area contributed by atoms with E-state index in [1.54, 1.807) is 0 Å². The average molecular weight is 446 g/mol. The highest BCUT2D eigenvalue weighted by molar-refractivity contribution is 5.89. The van der Waals surface area contributed by atoms with E-state index in [1.807, 2.05) is 0 Å². The first kappa shape index (κ1) is 21.1. The Hall–Kier alpha value is -3.18. The lowest BCUT2D eigenvalue weighted by atomic mass is 9.69. The van der Waals surface area contributed by atoms with Gasteiger partial charge in [0.2, 0.25) is 0 Å². The molecule has 31 heavy (non-hydrogen) atoms. The number of hydrogen-bond donors (Lipinski definition) is 1. The quantitative estimate of drug-likeness (QED) is 0.591. The number of fused-ring (bicyclic) bond motifs is 1. The van der Waals surface area contributed by atoms with E-state index >= 15 is 0 Å². The lowest BCUT2D eigenvalue weighted by molar-refractivity contribution is -0.142. The summed E-state index contributed by atoms with van der Waals surface area (Å²) in [7, 11) is 0. The van der Waals surface area contributed by atoms with Crippen molar-refractivity contribution in [2.45, 2.75) is 24.7 Å². The second kappa shape index (κ2) is 7.20. The number of Topliss-reactive ketones (excluding diaryl/α,β-unsaturated/α-hetero) is 1. The van der Waals surface area contributed by atoms with E-state index in [4.69, 9.17) is 0 Å². The molecule has 3 aromatic rings. The molecular weight excluding hydrogens is 433 g/mol. The van der Waals surface area contributed by atoms with E-state index in [2.05, 4.69) is 15.4 Å². The molecule has 1 aliphatic rings. The van der Waals surface area contributed by atoms with Crippen molar-refractivity contribution in [2.75, 3.05) is 11.9 Å². The fraction of sp³-hybridized carbons (Fsp3) is 0.316. The third kappa shape index (κ3) is 4.06. The Morgan fingerprint density at radius 3 is 2.23 bits per heavy atom. The van der Waals surface area contributed by atoms with Gasteiger partial charge in [-0.1, -0.05) is 12.1 Å². The third-order valence-electron chi connectivity index (χ3n) is 5.13. The van der Waals surface area contributed by atoms with Crippen molar-refractivity contribution in [2.24, 2.45) is 5.92 Å². The zero-order valence-corrected chi connectivity index (χ0v) is 15.4. The Bertz CT molecular complexity index is 1140. The van der Waals surface area contributed by atoms with E-state index in [0.717, 1.165) is 0 Å². The van der Waals surface area contributed by atoms with Crippen molar-refractivity contribution in [3.63, 3.8) is 0 Å². The van der Waals surface area contributed by atoms with Crippen LogP contribution in [0.25, 0.3) is 5.65 Å². The molecule has 0 amide bonds. The summed E-state index contributed by atoms with van der Waals surface area (Å²) < 4.78 is 92.1. The predicted octanol–water partition coefficient (Wildman–Crippen LogP) is 4.69. The lowest BCUT2D eigenvalue weighted by Crippen LogP contribution is -2.40. The Kier molecular flexibility index (Phi) is 4.90. The van der Waals surface area contributed by atoms with Crippen molar-refractivity contribution < 1.29 is 35.5 Å². The molecule has 2 heterocycles. The number of hydrogen-bond acceptors (Lipinski definition) is 4. The second-order valence-electron chi connectivity index (χ2n) is 7.14. The van der Waals surface area contributed by atoms with Gasteiger partial charge in [0.25, 0.3) is 0 Å². The first-order chi connectivity index (χ1) is 14.4. The van der Waals surface area contributed by atoms with Gasteiger partial charge in [0.1, 0.15) is 17.4 Å². The molecule has 0 saturated heterocycles. The van der Waals surface area contributed by atoms with E-state index in [-0.39, 0.29) is 30.5 Å². The Balaban J connectivity index is 1.64. The van der Waals surface area contributed by atoms with Gasteiger partial charge in [-0.15, -0.1) is 0 Å². The molecule has 0 spiro atoms. The van der Waals surface area contributed by atoms with Crippen LogP contribution in [0.2, 0.25) is 0 Å². The van der Waals surface area contributed by atoms with Crippen molar-refractivity contribution in [3.8, 4) is 0 Å². The second-order valence-corrected chi connectivity index (χ2v) is 7.14. The van der Waals surface area contributed by atoms with Crippen molar-refractivity contribution in [1.82, 2.24) is 14.6 Å². The Morgan fingerprint density at radius 1 is 1.00 bits per heavy atom. The summed E-state index contributed by atoms with van der Waals surface area (Å²) in [5.74, 6) is -1.93. The molecule has 12 heteroatoms. The van der Waals surface area contributed by atoms with Gasteiger partial charge in [0.15, 0.2) is 17.0 Å². The minimum Gasteiger partial charge on any atom is -0.369 e. The minimum atomic E-state index is -4.90. The van der Waals surface area contributed by atoms with Crippen LogP contribution in [0.1, 0.15) is 29.3 Å². The molecule has 0 radical (unpaired) electrons. The van der Waals surface area contributed by atoms with Crippen LogP contribution in [0.4, 0.5) is 36.6 Å². The molecule has 2 aromatic heterocycles. The number of carbonyl (C=O) groups is 1.